The highest BCUT2D eigenvalue weighted by Gasteiger charge is 2.03. The fourth-order valence-electron chi connectivity index (χ4n) is 1.60. The van der Waals surface area contributed by atoms with Gasteiger partial charge in [0.15, 0.2) is 0 Å². The average molecular weight is 200 g/mol. The maximum absolute atomic E-state index is 3.63. The molecule has 0 aromatic heterocycles. The molecule has 0 saturated carbocycles. The van der Waals surface area contributed by atoms with Gasteiger partial charge < -0.3 is 10.2 Å². The molecule has 0 amide bonds. The van der Waals surface area contributed by atoms with Crippen LogP contribution in [0.2, 0.25) is 0 Å². The molecule has 0 rings (SSSR count). The van der Waals surface area contributed by atoms with Gasteiger partial charge in [-0.05, 0) is 46.4 Å². The van der Waals surface area contributed by atoms with E-state index in [9.17, 15) is 0 Å². The van der Waals surface area contributed by atoms with E-state index in [2.05, 4.69) is 38.2 Å². The Morgan fingerprint density at radius 1 is 1.14 bits per heavy atom. The van der Waals surface area contributed by atoms with Gasteiger partial charge in [-0.25, -0.2) is 0 Å². The lowest BCUT2D eigenvalue weighted by Gasteiger charge is -2.17. The zero-order chi connectivity index (χ0) is 10.8. The summed E-state index contributed by atoms with van der Waals surface area (Å²) in [5.74, 6) is 0. The molecule has 86 valence electrons. The Balaban J connectivity index is 3.33. The fraction of sp³-hybridized carbons (Fsp3) is 1.00. The molecule has 0 aromatic rings. The lowest BCUT2D eigenvalue weighted by atomic mass is 10.1. The molecule has 0 radical (unpaired) electrons. The molecule has 2 nitrogen and oxygen atoms in total. The van der Waals surface area contributed by atoms with Crippen molar-refractivity contribution < 1.29 is 0 Å². The van der Waals surface area contributed by atoms with Crippen LogP contribution < -0.4 is 5.32 Å². The van der Waals surface area contributed by atoms with Gasteiger partial charge in [0.1, 0.15) is 0 Å². The first-order valence-electron chi connectivity index (χ1n) is 6.08. The summed E-state index contributed by atoms with van der Waals surface area (Å²) in [4.78, 5) is 2.24. The molecule has 14 heavy (non-hydrogen) atoms. The molecular formula is C12H28N2. The first-order valence-corrected chi connectivity index (χ1v) is 6.08. The van der Waals surface area contributed by atoms with E-state index < -0.39 is 0 Å². The summed E-state index contributed by atoms with van der Waals surface area (Å²) < 4.78 is 0. The predicted octanol–water partition coefficient (Wildman–Crippen LogP) is 2.50. The van der Waals surface area contributed by atoms with E-state index in [0.29, 0.717) is 0 Å². The molecule has 0 aliphatic heterocycles. The molecule has 0 saturated heterocycles. The van der Waals surface area contributed by atoms with Crippen LogP contribution in [0.25, 0.3) is 0 Å². The molecular weight excluding hydrogens is 172 g/mol. The van der Waals surface area contributed by atoms with E-state index in [4.69, 9.17) is 0 Å². The standard InChI is InChI=1S/C12H28N2/c1-5-7-9-12(6-2)13-10-8-11-14(3)4/h12-13H,5-11H2,1-4H3. The molecule has 2 heteroatoms. The highest BCUT2D eigenvalue weighted by molar-refractivity contribution is 4.64. The number of nitrogens with one attached hydrogen (secondary N) is 1. The summed E-state index contributed by atoms with van der Waals surface area (Å²) in [5, 5.41) is 3.63. The third-order valence-electron chi connectivity index (χ3n) is 2.61. The molecule has 0 heterocycles. The van der Waals surface area contributed by atoms with E-state index >= 15 is 0 Å². The molecule has 1 N–H and O–H groups in total. The molecule has 1 unspecified atom stereocenters. The summed E-state index contributed by atoms with van der Waals surface area (Å²) in [5.41, 5.74) is 0. The van der Waals surface area contributed by atoms with Crippen molar-refractivity contribution in [2.24, 2.45) is 0 Å². The van der Waals surface area contributed by atoms with E-state index in [1.807, 2.05) is 0 Å². The summed E-state index contributed by atoms with van der Waals surface area (Å²) in [7, 11) is 4.27. The first kappa shape index (κ1) is 13.9. The zero-order valence-corrected chi connectivity index (χ0v) is 10.5. The van der Waals surface area contributed by atoms with Gasteiger partial charge in [-0.3, -0.25) is 0 Å². The van der Waals surface area contributed by atoms with Crippen LogP contribution >= 0.6 is 0 Å². The third-order valence-corrected chi connectivity index (χ3v) is 2.61. The Morgan fingerprint density at radius 3 is 2.36 bits per heavy atom. The average Bonchev–Trinajstić information content (AvgIpc) is 2.16. The number of rotatable bonds is 9. The van der Waals surface area contributed by atoms with Crippen LogP contribution in [0.1, 0.15) is 46.0 Å². The highest BCUT2D eigenvalue weighted by Crippen LogP contribution is 2.03. The van der Waals surface area contributed by atoms with Gasteiger partial charge in [-0.15, -0.1) is 0 Å². The SMILES string of the molecule is CCCCC(CC)NCCCN(C)C. The molecule has 0 aliphatic rings. The van der Waals surface area contributed by atoms with Crippen LogP contribution in [0.15, 0.2) is 0 Å². The van der Waals surface area contributed by atoms with Gasteiger partial charge in [-0.1, -0.05) is 26.7 Å². The van der Waals surface area contributed by atoms with Crippen LogP contribution in [0.4, 0.5) is 0 Å². The van der Waals surface area contributed by atoms with Gasteiger partial charge in [-0.2, -0.15) is 0 Å². The number of hydrogen-bond acceptors (Lipinski definition) is 2. The second-order valence-corrected chi connectivity index (χ2v) is 4.36. The van der Waals surface area contributed by atoms with E-state index in [1.54, 1.807) is 0 Å². The van der Waals surface area contributed by atoms with Gasteiger partial charge in [0.2, 0.25) is 0 Å². The van der Waals surface area contributed by atoms with Crippen molar-refractivity contribution in [1.29, 1.82) is 0 Å². The molecule has 0 aliphatic carbocycles. The zero-order valence-electron chi connectivity index (χ0n) is 10.5. The normalized spacial score (nSPS) is 13.5. The quantitative estimate of drug-likeness (QED) is 0.575. The monoisotopic (exact) mass is 200 g/mol. The molecule has 1 atom stereocenters. The third kappa shape index (κ3) is 8.52. The van der Waals surface area contributed by atoms with E-state index in [-0.39, 0.29) is 0 Å². The van der Waals surface area contributed by atoms with Crippen LogP contribution in [0, 0.1) is 0 Å². The minimum atomic E-state index is 0.747. The fourth-order valence-corrected chi connectivity index (χ4v) is 1.60. The minimum Gasteiger partial charge on any atom is -0.314 e. The van der Waals surface area contributed by atoms with Gasteiger partial charge >= 0.3 is 0 Å². The Labute approximate surface area is 90.1 Å². The molecule has 0 fully saturated rings. The van der Waals surface area contributed by atoms with Crippen molar-refractivity contribution in [1.82, 2.24) is 10.2 Å². The van der Waals surface area contributed by atoms with Crippen molar-refractivity contribution in [2.45, 2.75) is 52.0 Å². The van der Waals surface area contributed by atoms with Crippen LogP contribution in [0.3, 0.4) is 0 Å². The van der Waals surface area contributed by atoms with Gasteiger partial charge in [0.05, 0.1) is 0 Å². The lowest BCUT2D eigenvalue weighted by Crippen LogP contribution is -2.30. The Hall–Kier alpha value is -0.0800. The minimum absolute atomic E-state index is 0.747. The maximum atomic E-state index is 3.63. The van der Waals surface area contributed by atoms with E-state index in [1.165, 1.54) is 45.2 Å². The molecule has 0 spiro atoms. The number of nitrogens with zero attached hydrogens (tertiary/aromatic N) is 1. The number of hydrogen-bond donors (Lipinski definition) is 1. The van der Waals surface area contributed by atoms with Crippen LogP contribution in [-0.4, -0.2) is 38.1 Å². The molecule has 0 aromatic carbocycles. The van der Waals surface area contributed by atoms with Crippen LogP contribution in [-0.2, 0) is 0 Å². The van der Waals surface area contributed by atoms with Crippen molar-refractivity contribution in [2.75, 3.05) is 27.2 Å². The largest absolute Gasteiger partial charge is 0.314 e. The van der Waals surface area contributed by atoms with Crippen LogP contribution in [0.5, 0.6) is 0 Å². The number of unbranched alkanes of at least 4 members (excludes halogenated alkanes) is 1. The van der Waals surface area contributed by atoms with Crippen molar-refractivity contribution >= 4 is 0 Å². The summed E-state index contributed by atoms with van der Waals surface area (Å²) in [6, 6.07) is 0.747. The lowest BCUT2D eigenvalue weighted by molar-refractivity contribution is 0.377. The smallest absolute Gasteiger partial charge is 0.00644 e. The van der Waals surface area contributed by atoms with E-state index in [0.717, 1.165) is 6.04 Å². The Bertz CT molecular complexity index is 113. The van der Waals surface area contributed by atoms with Crippen molar-refractivity contribution in [3.8, 4) is 0 Å². The Kier molecular flexibility index (Phi) is 9.42. The maximum Gasteiger partial charge on any atom is 0.00644 e. The van der Waals surface area contributed by atoms with Crippen molar-refractivity contribution in [3.05, 3.63) is 0 Å². The highest BCUT2D eigenvalue weighted by atomic mass is 15.1. The summed E-state index contributed by atoms with van der Waals surface area (Å²) in [6.45, 7) is 6.90. The second-order valence-electron chi connectivity index (χ2n) is 4.36. The van der Waals surface area contributed by atoms with Gasteiger partial charge in [0, 0.05) is 6.04 Å². The topological polar surface area (TPSA) is 15.3 Å². The predicted molar refractivity (Wildman–Crippen MR) is 64.8 cm³/mol. The summed E-state index contributed by atoms with van der Waals surface area (Å²) >= 11 is 0. The first-order chi connectivity index (χ1) is 6.70. The second kappa shape index (κ2) is 9.47. The molecule has 0 bridgehead atoms. The van der Waals surface area contributed by atoms with Crippen molar-refractivity contribution in [3.63, 3.8) is 0 Å². The summed E-state index contributed by atoms with van der Waals surface area (Å²) in [6.07, 6.45) is 6.54. The Morgan fingerprint density at radius 2 is 1.86 bits per heavy atom. The van der Waals surface area contributed by atoms with Gasteiger partial charge in [0.25, 0.3) is 0 Å².